The van der Waals surface area contributed by atoms with Gasteiger partial charge in [0.15, 0.2) is 6.29 Å². The molecule has 4 rings (SSSR count). The minimum absolute atomic E-state index is 0.0492. The molecule has 1 aromatic carbocycles. The Morgan fingerprint density at radius 1 is 1.34 bits per heavy atom. The van der Waals surface area contributed by atoms with Gasteiger partial charge >= 0.3 is 0 Å². The van der Waals surface area contributed by atoms with Crippen LogP contribution < -0.4 is 9.86 Å². The van der Waals surface area contributed by atoms with Gasteiger partial charge < -0.3 is 10.0 Å². The Hall–Kier alpha value is -1.76. The maximum atomic E-state index is 12.6. The fourth-order valence-corrected chi connectivity index (χ4v) is 7.68. The Labute approximate surface area is 211 Å². The van der Waals surface area contributed by atoms with Gasteiger partial charge in [-0.05, 0) is 38.3 Å². The van der Waals surface area contributed by atoms with Crippen LogP contribution in [0, 0.1) is 25.7 Å². The summed E-state index contributed by atoms with van der Waals surface area (Å²) in [5, 5.41) is 15.4. The molecule has 1 aromatic rings. The first-order chi connectivity index (χ1) is 16.4. The number of hydrogen-bond donors (Lipinski definition) is 3. The number of β-lactam (4-membered cyclic amide) rings is 1. The fraction of sp³-hybridized carbons (Fsp3) is 0.583. The van der Waals surface area contributed by atoms with Crippen LogP contribution in [0.1, 0.15) is 37.0 Å². The molecule has 0 spiro atoms. The maximum absolute atomic E-state index is 12.6. The van der Waals surface area contributed by atoms with E-state index >= 15 is 0 Å². The Morgan fingerprint density at radius 3 is 2.66 bits per heavy atom. The highest BCUT2D eigenvalue weighted by Gasteiger charge is 2.58. The number of carbonyl (C=O) groups excluding carboxylic acids is 2. The van der Waals surface area contributed by atoms with Crippen LogP contribution in [0.3, 0.4) is 0 Å². The Bertz CT molecular complexity index is 1150. The third-order valence-corrected chi connectivity index (χ3v) is 9.51. The highest BCUT2D eigenvalue weighted by Crippen LogP contribution is 2.51. The van der Waals surface area contributed by atoms with Crippen LogP contribution in [0.5, 0.6) is 0 Å². The molecule has 0 aromatic heterocycles. The largest absolute Gasteiger partial charge is 0.393 e. The zero-order valence-electron chi connectivity index (χ0n) is 20.5. The predicted molar refractivity (Wildman–Crippen MR) is 135 cm³/mol. The molecular weight excluding hydrogens is 488 g/mol. The summed E-state index contributed by atoms with van der Waals surface area (Å²) in [6.45, 7) is 9.32. The van der Waals surface area contributed by atoms with Gasteiger partial charge in [0, 0.05) is 41.7 Å². The molecular formula is C24H34N4O5S2. The number of allylic oxidation sites excluding steroid dienone is 1. The SMILES string of the molecule is Cc1ccc(CN2C[C@@H](SC3=C(C=O)N4C(=O)[C@H]([C@@H](C)O)[C@H]4[C@H]3C)C[C@H]2CNS(N)(=O)=O)c(C)c1. The van der Waals surface area contributed by atoms with Crippen molar-refractivity contribution in [1.29, 1.82) is 0 Å². The van der Waals surface area contributed by atoms with E-state index in [1.807, 2.05) is 6.92 Å². The number of nitrogens with two attached hydrogens (primary N) is 1. The van der Waals surface area contributed by atoms with Gasteiger partial charge in [-0.1, -0.05) is 30.7 Å². The molecule has 35 heavy (non-hydrogen) atoms. The fourth-order valence-electron chi connectivity index (χ4n) is 5.69. The smallest absolute Gasteiger partial charge is 0.274 e. The first kappa shape index (κ1) is 26.3. The number of aryl methyl sites for hydroxylation is 2. The zero-order chi connectivity index (χ0) is 25.7. The third-order valence-electron chi connectivity index (χ3n) is 7.43. The van der Waals surface area contributed by atoms with Crippen molar-refractivity contribution < 1.29 is 23.1 Å². The minimum Gasteiger partial charge on any atom is -0.393 e. The molecule has 3 aliphatic rings. The normalized spacial score (nSPS) is 29.9. The van der Waals surface area contributed by atoms with Gasteiger partial charge in [-0.3, -0.25) is 14.5 Å². The van der Waals surface area contributed by atoms with Crippen LogP contribution in [0.4, 0.5) is 0 Å². The number of fused-ring (bicyclic) bond motifs is 1. The molecule has 11 heteroatoms. The lowest BCUT2D eigenvalue weighted by molar-refractivity contribution is -0.160. The Kier molecular flexibility index (Phi) is 7.48. The third kappa shape index (κ3) is 5.21. The van der Waals surface area contributed by atoms with Gasteiger partial charge in [0.2, 0.25) is 5.91 Å². The number of aliphatic hydroxyl groups excluding tert-OH is 1. The lowest BCUT2D eigenvalue weighted by Crippen LogP contribution is -2.63. The van der Waals surface area contributed by atoms with Crippen LogP contribution in [0.25, 0.3) is 0 Å². The molecule has 192 valence electrons. The number of likely N-dealkylation sites (tertiary alicyclic amines) is 1. The molecule has 9 nitrogen and oxygen atoms in total. The number of carbonyl (C=O) groups is 2. The number of aldehydes is 1. The topological polar surface area (TPSA) is 133 Å². The molecule has 3 aliphatic heterocycles. The average Bonchev–Trinajstić information content (AvgIpc) is 3.24. The maximum Gasteiger partial charge on any atom is 0.274 e. The minimum atomic E-state index is -3.82. The number of nitrogens with one attached hydrogen (secondary N) is 1. The van der Waals surface area contributed by atoms with Crippen molar-refractivity contribution in [3.8, 4) is 0 Å². The van der Waals surface area contributed by atoms with Gasteiger partial charge in [-0.25, -0.2) is 9.86 Å². The number of amides is 1. The van der Waals surface area contributed by atoms with Crippen LogP contribution >= 0.6 is 11.8 Å². The molecule has 0 saturated carbocycles. The number of benzene rings is 1. The second-order valence-electron chi connectivity index (χ2n) is 10.0. The summed E-state index contributed by atoms with van der Waals surface area (Å²) >= 11 is 1.60. The second-order valence-corrected chi connectivity index (χ2v) is 12.7. The van der Waals surface area contributed by atoms with Crippen molar-refractivity contribution in [3.05, 3.63) is 45.5 Å². The molecule has 0 unspecified atom stereocenters. The number of hydrogen-bond acceptors (Lipinski definition) is 7. The van der Waals surface area contributed by atoms with Crippen LogP contribution in [0.2, 0.25) is 0 Å². The lowest BCUT2D eigenvalue weighted by Gasteiger charge is -2.46. The first-order valence-electron chi connectivity index (χ1n) is 11.9. The van der Waals surface area contributed by atoms with E-state index in [9.17, 15) is 23.1 Å². The number of nitrogens with zero attached hydrogens (tertiary/aromatic N) is 2. The van der Waals surface area contributed by atoms with Crippen molar-refractivity contribution in [1.82, 2.24) is 14.5 Å². The highest BCUT2D eigenvalue weighted by atomic mass is 32.2. The predicted octanol–water partition coefficient (Wildman–Crippen LogP) is 1.04. The summed E-state index contributed by atoms with van der Waals surface area (Å²) < 4.78 is 25.6. The lowest BCUT2D eigenvalue weighted by atomic mass is 9.79. The van der Waals surface area contributed by atoms with Crippen molar-refractivity contribution in [3.63, 3.8) is 0 Å². The van der Waals surface area contributed by atoms with Crippen LogP contribution in [0.15, 0.2) is 28.8 Å². The van der Waals surface area contributed by atoms with E-state index in [0.29, 0.717) is 25.2 Å². The van der Waals surface area contributed by atoms with Crippen LogP contribution in [-0.2, 0) is 26.3 Å². The summed E-state index contributed by atoms with van der Waals surface area (Å²) in [6.07, 6.45) is 0.688. The van der Waals surface area contributed by atoms with Crippen molar-refractivity contribution >= 4 is 34.2 Å². The van der Waals surface area contributed by atoms with E-state index in [2.05, 4.69) is 41.7 Å². The molecule has 0 aliphatic carbocycles. The van der Waals surface area contributed by atoms with E-state index in [1.165, 1.54) is 16.7 Å². The highest BCUT2D eigenvalue weighted by molar-refractivity contribution is 8.03. The van der Waals surface area contributed by atoms with Gasteiger partial charge in [0.05, 0.1) is 23.8 Å². The summed E-state index contributed by atoms with van der Waals surface area (Å²) in [5.74, 6) is -0.742. The molecule has 2 saturated heterocycles. The molecule has 0 bridgehead atoms. The van der Waals surface area contributed by atoms with Gasteiger partial charge in [0.1, 0.15) is 0 Å². The van der Waals surface area contributed by atoms with E-state index in [4.69, 9.17) is 5.14 Å². The summed E-state index contributed by atoms with van der Waals surface area (Å²) in [6, 6.07) is 6.05. The quantitative estimate of drug-likeness (QED) is 0.326. The van der Waals surface area contributed by atoms with Crippen molar-refractivity contribution in [2.75, 3.05) is 13.1 Å². The van der Waals surface area contributed by atoms with Gasteiger partial charge in [-0.2, -0.15) is 8.42 Å². The van der Waals surface area contributed by atoms with Gasteiger partial charge in [0.25, 0.3) is 10.2 Å². The Balaban J connectivity index is 1.53. The van der Waals surface area contributed by atoms with Gasteiger partial charge in [-0.15, -0.1) is 11.8 Å². The summed E-state index contributed by atoms with van der Waals surface area (Å²) in [4.78, 5) is 29.2. The Morgan fingerprint density at radius 2 is 2.06 bits per heavy atom. The van der Waals surface area contributed by atoms with E-state index in [0.717, 1.165) is 11.2 Å². The summed E-state index contributed by atoms with van der Waals surface area (Å²) in [7, 11) is -3.82. The molecule has 4 N–H and O–H groups in total. The van der Waals surface area contributed by atoms with Crippen molar-refractivity contribution in [2.45, 2.75) is 64.1 Å². The molecule has 3 heterocycles. The standard InChI is InChI=1S/C24H34N4O5S2/c1-13-5-6-17(14(2)7-13)10-27-11-19(8-18(27)9-26-35(25,32)33)34-23-15(3)22-21(16(4)30)24(31)28(22)20(23)12-29/h5-7,12,15-16,18-19,21-22,26,30H,8-11H2,1-4H3,(H2,25,32,33)/t15-,16-,18+,19+,21-,22-/m1/s1. The number of aliphatic hydroxyl groups is 1. The monoisotopic (exact) mass is 522 g/mol. The van der Waals surface area contributed by atoms with E-state index < -0.39 is 22.2 Å². The first-order valence-corrected chi connectivity index (χ1v) is 14.3. The average molecular weight is 523 g/mol. The number of rotatable bonds is 9. The molecule has 0 radical (unpaired) electrons. The zero-order valence-corrected chi connectivity index (χ0v) is 22.1. The molecule has 1 amide bonds. The van der Waals surface area contributed by atoms with E-state index in [-0.39, 0.29) is 35.7 Å². The number of thioether (sulfide) groups is 1. The molecule has 2 fully saturated rings. The van der Waals surface area contributed by atoms with Crippen LogP contribution in [-0.4, -0.2) is 72.0 Å². The molecule has 6 atom stereocenters. The van der Waals surface area contributed by atoms with Crippen molar-refractivity contribution in [2.24, 2.45) is 17.0 Å². The van der Waals surface area contributed by atoms with E-state index in [1.54, 1.807) is 23.6 Å². The second kappa shape index (κ2) is 9.95. The summed E-state index contributed by atoms with van der Waals surface area (Å²) in [5.41, 5.74) is 3.95.